The monoisotopic (exact) mass is 364 g/mol. The molecule has 2 aromatic rings. The molecule has 0 saturated heterocycles. The lowest BCUT2D eigenvalue weighted by Gasteiger charge is -2.17. The van der Waals surface area contributed by atoms with Crippen LogP contribution in [0.15, 0.2) is 40.9 Å². The van der Waals surface area contributed by atoms with Crippen LogP contribution in [0.2, 0.25) is 0 Å². The van der Waals surface area contributed by atoms with Crippen LogP contribution in [0.1, 0.15) is 41.0 Å². The minimum atomic E-state index is -0.185. The molecule has 0 heterocycles. The van der Waals surface area contributed by atoms with Crippen molar-refractivity contribution in [2.75, 3.05) is 6.61 Å². The van der Waals surface area contributed by atoms with Gasteiger partial charge in [-0.05, 0) is 61.1 Å². The van der Waals surface area contributed by atoms with Gasteiger partial charge in [-0.25, -0.2) is 0 Å². The third-order valence-electron chi connectivity index (χ3n) is 3.96. The summed E-state index contributed by atoms with van der Waals surface area (Å²) < 4.78 is 6.74. The summed E-state index contributed by atoms with van der Waals surface area (Å²) >= 11 is 10.3. The molecule has 0 radical (unpaired) electrons. The third-order valence-corrected chi connectivity index (χ3v) is 4.94. The van der Waals surface area contributed by atoms with Crippen LogP contribution in [0.25, 0.3) is 0 Å². The zero-order valence-electron chi connectivity index (χ0n) is 12.0. The molecule has 21 heavy (non-hydrogen) atoms. The van der Waals surface area contributed by atoms with Crippen LogP contribution in [0, 0.1) is 0 Å². The Morgan fingerprint density at radius 1 is 1.14 bits per heavy atom. The first kappa shape index (κ1) is 14.9. The van der Waals surface area contributed by atoms with Crippen molar-refractivity contribution in [1.29, 1.82) is 0 Å². The number of fused-ring (bicyclic) bond motifs is 1. The largest absolute Gasteiger partial charge is 0.494 e. The highest BCUT2D eigenvalue weighted by Gasteiger charge is 2.19. The first-order chi connectivity index (χ1) is 10.2. The number of ether oxygens (including phenoxy) is 1. The second-order valence-electron chi connectivity index (χ2n) is 5.36. The fraction of sp³-hybridized carbons (Fsp3) is 0.333. The number of alkyl halides is 1. The predicted octanol–water partition coefficient (Wildman–Crippen LogP) is 5.66. The molecular formula is C18H18BrClO. The molecule has 0 aliphatic heterocycles. The van der Waals surface area contributed by atoms with Gasteiger partial charge in [-0.15, -0.1) is 11.6 Å². The van der Waals surface area contributed by atoms with Gasteiger partial charge in [-0.1, -0.05) is 34.1 Å². The Hall–Kier alpha value is -0.990. The van der Waals surface area contributed by atoms with Gasteiger partial charge < -0.3 is 4.74 Å². The Morgan fingerprint density at radius 2 is 1.95 bits per heavy atom. The number of aryl methyl sites for hydroxylation is 2. The average molecular weight is 366 g/mol. The van der Waals surface area contributed by atoms with Crippen molar-refractivity contribution in [3.05, 3.63) is 63.1 Å². The van der Waals surface area contributed by atoms with E-state index in [1.165, 1.54) is 30.4 Å². The summed E-state index contributed by atoms with van der Waals surface area (Å²) in [5.41, 5.74) is 5.09. The summed E-state index contributed by atoms with van der Waals surface area (Å²) in [5.74, 6) is 0.862. The lowest BCUT2D eigenvalue weighted by Crippen LogP contribution is -2.01. The smallest absolute Gasteiger partial charge is 0.124 e. The van der Waals surface area contributed by atoms with E-state index in [0.717, 1.165) is 21.3 Å². The van der Waals surface area contributed by atoms with Gasteiger partial charge in [-0.2, -0.15) is 0 Å². The van der Waals surface area contributed by atoms with Crippen LogP contribution >= 0.6 is 27.5 Å². The van der Waals surface area contributed by atoms with E-state index in [4.69, 9.17) is 16.3 Å². The Balaban J connectivity index is 1.97. The van der Waals surface area contributed by atoms with Crippen LogP contribution in [0.3, 0.4) is 0 Å². The van der Waals surface area contributed by atoms with E-state index in [0.29, 0.717) is 6.61 Å². The van der Waals surface area contributed by atoms with Gasteiger partial charge >= 0.3 is 0 Å². The fourth-order valence-electron chi connectivity index (χ4n) is 2.93. The average Bonchev–Trinajstić information content (AvgIpc) is 2.96. The molecule has 3 heteroatoms. The molecule has 0 fully saturated rings. The lowest BCUT2D eigenvalue weighted by atomic mass is 9.99. The highest BCUT2D eigenvalue weighted by molar-refractivity contribution is 9.10. The highest BCUT2D eigenvalue weighted by Crippen LogP contribution is 2.38. The standard InChI is InChI=1S/C18H18BrClO/c1-2-21-17-9-8-15(19)11-16(17)18(20)14-7-6-12-4-3-5-13(12)10-14/h6-11,18H,2-5H2,1H3. The number of hydrogen-bond acceptors (Lipinski definition) is 1. The summed E-state index contributed by atoms with van der Waals surface area (Å²) in [6.45, 7) is 2.63. The van der Waals surface area contributed by atoms with Gasteiger partial charge in [0.05, 0.1) is 12.0 Å². The van der Waals surface area contributed by atoms with Gasteiger partial charge in [0, 0.05) is 10.0 Å². The van der Waals surface area contributed by atoms with E-state index in [9.17, 15) is 0 Å². The topological polar surface area (TPSA) is 9.23 Å². The normalized spacial score (nSPS) is 14.8. The second-order valence-corrected chi connectivity index (χ2v) is 6.71. The summed E-state index contributed by atoms with van der Waals surface area (Å²) in [6, 6.07) is 12.7. The molecule has 0 aromatic heterocycles. The maximum absolute atomic E-state index is 6.75. The number of halogens is 2. The molecule has 2 aromatic carbocycles. The number of benzene rings is 2. The van der Waals surface area contributed by atoms with Crippen molar-refractivity contribution < 1.29 is 4.74 Å². The minimum absolute atomic E-state index is 0.185. The van der Waals surface area contributed by atoms with Crippen LogP contribution < -0.4 is 4.74 Å². The zero-order chi connectivity index (χ0) is 14.8. The quantitative estimate of drug-likeness (QED) is 0.635. The molecule has 1 unspecified atom stereocenters. The molecule has 3 rings (SSSR count). The Labute approximate surface area is 139 Å². The van der Waals surface area contributed by atoms with E-state index in [-0.39, 0.29) is 5.38 Å². The summed E-state index contributed by atoms with van der Waals surface area (Å²) in [5, 5.41) is -0.185. The van der Waals surface area contributed by atoms with Crippen molar-refractivity contribution in [1.82, 2.24) is 0 Å². The van der Waals surface area contributed by atoms with Crippen LogP contribution in [-0.2, 0) is 12.8 Å². The molecule has 0 spiro atoms. The van der Waals surface area contributed by atoms with Gasteiger partial charge in [0.1, 0.15) is 5.75 Å². The third kappa shape index (κ3) is 3.12. The van der Waals surface area contributed by atoms with Crippen molar-refractivity contribution in [2.24, 2.45) is 0 Å². The van der Waals surface area contributed by atoms with Gasteiger partial charge in [0.25, 0.3) is 0 Å². The number of rotatable bonds is 4. The Kier molecular flexibility index (Phi) is 4.56. The van der Waals surface area contributed by atoms with Gasteiger partial charge in [-0.3, -0.25) is 0 Å². The van der Waals surface area contributed by atoms with Crippen LogP contribution in [-0.4, -0.2) is 6.61 Å². The van der Waals surface area contributed by atoms with E-state index in [1.54, 1.807) is 0 Å². The van der Waals surface area contributed by atoms with Gasteiger partial charge in [0.2, 0.25) is 0 Å². The molecular weight excluding hydrogens is 348 g/mol. The summed E-state index contributed by atoms with van der Waals surface area (Å²) in [7, 11) is 0. The van der Waals surface area contributed by atoms with E-state index in [1.807, 2.05) is 19.1 Å². The Bertz CT molecular complexity index is 654. The molecule has 1 nitrogen and oxygen atoms in total. The molecule has 0 amide bonds. The highest BCUT2D eigenvalue weighted by atomic mass is 79.9. The fourth-order valence-corrected chi connectivity index (χ4v) is 3.62. The predicted molar refractivity (Wildman–Crippen MR) is 91.5 cm³/mol. The molecule has 0 N–H and O–H groups in total. The maximum Gasteiger partial charge on any atom is 0.124 e. The minimum Gasteiger partial charge on any atom is -0.494 e. The van der Waals surface area contributed by atoms with E-state index >= 15 is 0 Å². The van der Waals surface area contributed by atoms with Crippen molar-refractivity contribution >= 4 is 27.5 Å². The van der Waals surface area contributed by atoms with Crippen molar-refractivity contribution in [3.8, 4) is 5.75 Å². The van der Waals surface area contributed by atoms with Crippen LogP contribution in [0.5, 0.6) is 5.75 Å². The Morgan fingerprint density at radius 3 is 2.76 bits per heavy atom. The molecule has 1 atom stereocenters. The SMILES string of the molecule is CCOc1ccc(Br)cc1C(Cl)c1ccc2c(c1)CCC2. The second kappa shape index (κ2) is 6.41. The van der Waals surface area contributed by atoms with Crippen molar-refractivity contribution in [3.63, 3.8) is 0 Å². The first-order valence-corrected chi connectivity index (χ1v) is 8.60. The van der Waals surface area contributed by atoms with E-state index < -0.39 is 0 Å². The van der Waals surface area contributed by atoms with E-state index in [2.05, 4.69) is 40.2 Å². The summed E-state index contributed by atoms with van der Waals surface area (Å²) in [4.78, 5) is 0. The van der Waals surface area contributed by atoms with Gasteiger partial charge in [0.15, 0.2) is 0 Å². The molecule has 1 aliphatic carbocycles. The van der Waals surface area contributed by atoms with Crippen molar-refractivity contribution in [2.45, 2.75) is 31.6 Å². The molecule has 110 valence electrons. The summed E-state index contributed by atoms with van der Waals surface area (Å²) in [6.07, 6.45) is 3.63. The molecule has 1 aliphatic rings. The molecule has 0 bridgehead atoms. The van der Waals surface area contributed by atoms with Crippen LogP contribution in [0.4, 0.5) is 0 Å². The first-order valence-electron chi connectivity index (χ1n) is 7.37. The maximum atomic E-state index is 6.75. The molecule has 0 saturated carbocycles. The lowest BCUT2D eigenvalue weighted by molar-refractivity contribution is 0.337. The zero-order valence-corrected chi connectivity index (χ0v) is 14.4. The number of hydrogen-bond donors (Lipinski definition) is 0.